The Kier molecular flexibility index (Phi) is 12.1. The number of carbonyl (C=O) groups is 4. The van der Waals surface area contributed by atoms with Gasteiger partial charge >= 0.3 is 12.3 Å². The number of alkyl halides is 3. The van der Waals surface area contributed by atoms with E-state index in [1.165, 1.54) is 4.90 Å². The number of rotatable bonds is 8. The molecule has 3 N–H and O–H groups in total. The Morgan fingerprint density at radius 3 is 2.41 bits per heavy atom. The zero-order valence-corrected chi connectivity index (χ0v) is 35.9. The quantitative estimate of drug-likeness (QED) is 0.311. The second-order valence-corrected chi connectivity index (χ2v) is 20.3. The van der Waals surface area contributed by atoms with Crippen molar-refractivity contribution in [1.82, 2.24) is 25.2 Å². The first kappa shape index (κ1) is 44.4. The molecule has 19 heteroatoms. The summed E-state index contributed by atoms with van der Waals surface area (Å²) in [5, 5.41) is 6.76. The van der Waals surface area contributed by atoms with Gasteiger partial charge < -0.3 is 34.6 Å². The van der Waals surface area contributed by atoms with E-state index in [2.05, 4.69) is 25.2 Å². The van der Waals surface area contributed by atoms with Crippen LogP contribution in [0.4, 0.5) is 23.7 Å². The molecule has 2 aromatic rings. The lowest BCUT2D eigenvalue weighted by atomic mass is 9.88. The second-order valence-electron chi connectivity index (χ2n) is 18.1. The van der Waals surface area contributed by atoms with Crippen molar-refractivity contribution in [2.24, 2.45) is 17.8 Å². The monoisotopic (exact) mass is 876 g/mol. The second kappa shape index (κ2) is 16.6. The largest absolute Gasteiger partial charge is 0.472 e. The molecule has 4 heterocycles. The summed E-state index contributed by atoms with van der Waals surface area (Å²) in [5.74, 6) is -3.40. The number of hydrogen-bond acceptors (Lipinski definition) is 11. The molecule has 61 heavy (non-hydrogen) atoms. The summed E-state index contributed by atoms with van der Waals surface area (Å²) in [4.78, 5) is 64.7. The zero-order chi connectivity index (χ0) is 44.1. The van der Waals surface area contributed by atoms with Crippen molar-refractivity contribution in [3.05, 3.63) is 42.6 Å². The maximum atomic E-state index is 14.9. The van der Waals surface area contributed by atoms with Crippen LogP contribution in [0.1, 0.15) is 79.6 Å². The molecule has 4 fully saturated rings. The Balaban J connectivity index is 1.22. The van der Waals surface area contributed by atoms with E-state index >= 15 is 0 Å². The van der Waals surface area contributed by atoms with Crippen LogP contribution in [-0.2, 0) is 33.9 Å². The van der Waals surface area contributed by atoms with Crippen molar-refractivity contribution in [2.75, 3.05) is 37.7 Å². The molecule has 0 bridgehead atoms. The number of ether oxygens (including phenoxy) is 3. The normalized spacial score (nSPS) is 29.6. The molecule has 7 rings (SSSR count). The summed E-state index contributed by atoms with van der Waals surface area (Å²) < 4.78 is 85.9. The van der Waals surface area contributed by atoms with E-state index in [9.17, 15) is 40.8 Å². The molecule has 3 aliphatic heterocycles. The van der Waals surface area contributed by atoms with Gasteiger partial charge in [-0.15, -0.1) is 0 Å². The molecule has 2 aliphatic carbocycles. The number of nitrogens with one attached hydrogen (secondary N) is 3. The number of carbonyl (C=O) groups excluding carboxylic acids is 4. The van der Waals surface area contributed by atoms with Crippen LogP contribution in [0.3, 0.4) is 0 Å². The first-order valence-electron chi connectivity index (χ1n) is 20.9. The molecular formula is C42H55F3N6O9S. The van der Waals surface area contributed by atoms with Crippen molar-refractivity contribution in [1.29, 1.82) is 0 Å². The molecule has 1 aromatic heterocycles. The number of benzene rings is 1. The Labute approximate surface area is 353 Å². The molecule has 2 saturated heterocycles. The van der Waals surface area contributed by atoms with Crippen molar-refractivity contribution in [3.63, 3.8) is 0 Å². The lowest BCUT2D eigenvalue weighted by molar-refractivity contribution is -0.244. The van der Waals surface area contributed by atoms with Gasteiger partial charge in [0, 0.05) is 36.2 Å². The average Bonchev–Trinajstić information content (AvgIpc) is 4.08. The maximum absolute atomic E-state index is 14.9. The average molecular weight is 877 g/mol. The molecule has 0 spiro atoms. The highest BCUT2D eigenvalue weighted by Crippen LogP contribution is 2.48. The Morgan fingerprint density at radius 2 is 1.74 bits per heavy atom. The van der Waals surface area contributed by atoms with Gasteiger partial charge in [-0.05, 0) is 77.2 Å². The van der Waals surface area contributed by atoms with E-state index in [-0.39, 0.29) is 31.2 Å². The minimum Gasteiger partial charge on any atom is -0.472 e. The molecule has 7 unspecified atom stereocenters. The first-order valence-corrected chi connectivity index (χ1v) is 22.4. The van der Waals surface area contributed by atoms with Crippen molar-refractivity contribution >= 4 is 50.3 Å². The van der Waals surface area contributed by atoms with Crippen LogP contribution >= 0.6 is 0 Å². The highest BCUT2D eigenvalue weighted by atomic mass is 32.2. The van der Waals surface area contributed by atoms with E-state index in [0.717, 1.165) is 11.1 Å². The topological polar surface area (TPSA) is 186 Å². The van der Waals surface area contributed by atoms with E-state index in [0.29, 0.717) is 77.6 Å². The Morgan fingerprint density at radius 1 is 1.05 bits per heavy atom. The highest BCUT2D eigenvalue weighted by Gasteiger charge is 2.63. The fourth-order valence-electron chi connectivity index (χ4n) is 8.50. The molecule has 2 saturated carbocycles. The highest BCUT2D eigenvalue weighted by molar-refractivity contribution is 7.91. The van der Waals surface area contributed by atoms with Crippen molar-refractivity contribution < 1.29 is 55.0 Å². The van der Waals surface area contributed by atoms with Crippen LogP contribution < -0.4 is 25.0 Å². The third kappa shape index (κ3) is 9.13. The molecule has 4 amide bonds. The third-order valence-corrected chi connectivity index (χ3v) is 15.1. The summed E-state index contributed by atoms with van der Waals surface area (Å²) >= 11 is 0. The first-order chi connectivity index (χ1) is 28.6. The summed E-state index contributed by atoms with van der Waals surface area (Å²) in [5.41, 5.74) is -3.65. The Bertz CT molecular complexity index is 2180. The smallest absolute Gasteiger partial charge is 0.427 e. The number of nitrogens with zero attached hydrogens (tertiary/aromatic N) is 3. The molecule has 15 nitrogen and oxygen atoms in total. The fourth-order valence-corrected chi connectivity index (χ4v) is 9.81. The molecule has 5 aliphatic rings. The summed E-state index contributed by atoms with van der Waals surface area (Å²) in [6.45, 7) is 8.83. The molecular weight excluding hydrogens is 822 g/mol. The standard InChI is InChI=1S/C42H55F3N6O9S/c1-25-10-6-7-11-27-22-41(27,37(54)49-61(56,57)40(5)14-15-40)48-34(52)31-21-28(59-35-30-13-9-8-12-29(30)32(23-46-35)50-16-18-58-19-17-50)24-51(31)36(53)33(26(2)20-25)47-38(55)60-39(3,4)42(43,44)45/h7-9,11-13,23,25-28,31,33H,6,10,14-22,24H2,1-5H3,(H,47,55)(H,48,52)(H,49,54). The number of morpholine rings is 1. The van der Waals surface area contributed by atoms with Crippen molar-refractivity contribution in [3.8, 4) is 5.88 Å². The maximum Gasteiger partial charge on any atom is 0.427 e. The molecule has 1 aromatic carbocycles. The van der Waals surface area contributed by atoms with E-state index < -0.39 is 85.9 Å². The van der Waals surface area contributed by atoms with E-state index in [1.807, 2.05) is 37.3 Å². The van der Waals surface area contributed by atoms with Crippen LogP contribution in [0.2, 0.25) is 0 Å². The zero-order valence-electron chi connectivity index (χ0n) is 35.0. The minimum absolute atomic E-state index is 0.0359. The van der Waals surface area contributed by atoms with Gasteiger partial charge in [0.05, 0.1) is 36.4 Å². The number of amides is 4. The number of fused-ring (bicyclic) bond motifs is 3. The predicted molar refractivity (Wildman–Crippen MR) is 218 cm³/mol. The van der Waals surface area contributed by atoms with Gasteiger partial charge in [-0.3, -0.25) is 19.1 Å². The summed E-state index contributed by atoms with van der Waals surface area (Å²) in [6, 6.07) is 4.77. The number of pyridine rings is 1. The van der Waals surface area contributed by atoms with Gasteiger partial charge in [-0.25, -0.2) is 18.2 Å². The number of alkyl carbamates (subject to hydrolysis) is 1. The van der Waals surface area contributed by atoms with E-state index in [4.69, 9.17) is 14.2 Å². The van der Waals surface area contributed by atoms with Gasteiger partial charge in [0.2, 0.25) is 33.3 Å². The van der Waals surface area contributed by atoms with Gasteiger partial charge in [0.15, 0.2) is 0 Å². The minimum atomic E-state index is -4.91. The van der Waals surface area contributed by atoms with Crippen molar-refractivity contribution in [2.45, 2.75) is 120 Å². The van der Waals surface area contributed by atoms with Crippen LogP contribution in [0.5, 0.6) is 5.88 Å². The number of halogens is 3. The number of hydrogen-bond donors (Lipinski definition) is 3. The predicted octanol–water partition coefficient (Wildman–Crippen LogP) is 4.74. The number of allylic oxidation sites excluding steroid dienone is 1. The molecule has 0 radical (unpaired) electrons. The molecule has 7 atom stereocenters. The lowest BCUT2D eigenvalue weighted by Crippen LogP contribution is -2.59. The van der Waals surface area contributed by atoms with Crippen LogP contribution in [0.25, 0.3) is 10.8 Å². The fraction of sp³-hybridized carbons (Fsp3) is 0.643. The summed E-state index contributed by atoms with van der Waals surface area (Å²) in [7, 11) is -4.08. The van der Waals surface area contributed by atoms with Crippen LogP contribution in [0, 0.1) is 17.8 Å². The van der Waals surface area contributed by atoms with Gasteiger partial charge in [0.1, 0.15) is 23.7 Å². The number of anilines is 1. The number of aromatic nitrogens is 1. The van der Waals surface area contributed by atoms with E-state index in [1.54, 1.807) is 26.1 Å². The van der Waals surface area contributed by atoms with Crippen LogP contribution in [-0.4, -0.2) is 115 Å². The summed E-state index contributed by atoms with van der Waals surface area (Å²) in [6.07, 6.45) is 0.432. The van der Waals surface area contributed by atoms with Crippen LogP contribution in [0.15, 0.2) is 42.6 Å². The lowest BCUT2D eigenvalue weighted by Gasteiger charge is -2.34. The Hall–Kier alpha value is -4.65. The van der Waals surface area contributed by atoms with Gasteiger partial charge in [-0.1, -0.05) is 44.2 Å². The number of sulfonamides is 1. The third-order valence-electron chi connectivity index (χ3n) is 12.9. The van der Waals surface area contributed by atoms with Gasteiger partial charge in [-0.2, -0.15) is 13.2 Å². The molecule has 334 valence electrons. The van der Waals surface area contributed by atoms with Gasteiger partial charge in [0.25, 0.3) is 5.91 Å². The SMILES string of the molecule is CC1CCC=CC2CC2(C(=O)NS(=O)(=O)C2(C)CC2)NC(=O)C2CC(Oc3ncc(N4CCOCC4)c4ccccc34)CN2C(=O)C(NC(=O)OC(C)(C)C(F)(F)F)C(C)C1.